The number of aliphatic hydroxyl groups excluding tert-OH is 1. The van der Waals surface area contributed by atoms with Crippen molar-refractivity contribution in [3.8, 4) is 17.2 Å². The molecule has 0 saturated carbocycles. The smallest absolute Gasteiger partial charge is 0.323 e. The lowest BCUT2D eigenvalue weighted by Crippen LogP contribution is -2.48. The fourth-order valence-electron chi connectivity index (χ4n) is 5.84. The van der Waals surface area contributed by atoms with E-state index in [4.69, 9.17) is 18.9 Å². The van der Waals surface area contributed by atoms with Crippen molar-refractivity contribution in [2.24, 2.45) is 5.92 Å². The molecule has 4 rings (SSSR count). The summed E-state index contributed by atoms with van der Waals surface area (Å²) in [4.78, 5) is 45.7. The van der Waals surface area contributed by atoms with Crippen molar-refractivity contribution >= 4 is 29.2 Å². The number of hydrogen-bond acceptors (Lipinski definition) is 9. The van der Waals surface area contributed by atoms with Crippen molar-refractivity contribution < 1.29 is 38.4 Å². The molecule has 2 aromatic carbocycles. The van der Waals surface area contributed by atoms with Crippen molar-refractivity contribution in [3.63, 3.8) is 0 Å². The quantitative estimate of drug-likeness (QED) is 0.326. The van der Waals surface area contributed by atoms with Crippen LogP contribution in [0.25, 0.3) is 0 Å². The number of anilines is 2. The number of hydrogen-bond donors (Lipinski definition) is 3. The zero-order valence-corrected chi connectivity index (χ0v) is 29.7. The first-order chi connectivity index (χ1) is 23.4. The molecule has 2 aliphatic heterocycles. The summed E-state index contributed by atoms with van der Waals surface area (Å²) < 4.78 is 23.4. The number of nitrogens with one attached hydrogen (secondary N) is 2. The molecule has 2 heterocycles. The second kappa shape index (κ2) is 18.1. The topological polar surface area (TPSA) is 142 Å². The predicted molar refractivity (Wildman–Crippen MR) is 188 cm³/mol. The van der Waals surface area contributed by atoms with E-state index in [0.29, 0.717) is 48.2 Å². The Balaban J connectivity index is 1.55. The molecule has 0 aliphatic carbocycles. The summed E-state index contributed by atoms with van der Waals surface area (Å²) in [6.45, 7) is 7.63. The van der Waals surface area contributed by atoms with E-state index in [-0.39, 0.29) is 55.4 Å². The largest absolute Gasteiger partial charge is 0.490 e. The van der Waals surface area contributed by atoms with Gasteiger partial charge in [0.1, 0.15) is 5.75 Å². The monoisotopic (exact) mass is 683 g/mol. The maximum atomic E-state index is 14.4. The van der Waals surface area contributed by atoms with Gasteiger partial charge in [-0.3, -0.25) is 9.59 Å². The highest BCUT2D eigenvalue weighted by molar-refractivity contribution is 6.02. The second-order valence-electron chi connectivity index (χ2n) is 13.3. The van der Waals surface area contributed by atoms with Gasteiger partial charge in [0.15, 0.2) is 11.5 Å². The average molecular weight is 684 g/mol. The number of fused-ring (bicyclic) bond motifs is 2. The molecule has 0 aromatic heterocycles. The number of aliphatic hydroxyl groups is 1. The Morgan fingerprint density at radius 1 is 1.00 bits per heavy atom. The normalized spacial score (nSPS) is 20.5. The molecule has 0 fully saturated rings. The number of ether oxygens (including phenoxy) is 4. The predicted octanol–water partition coefficient (Wildman–Crippen LogP) is 4.66. The summed E-state index contributed by atoms with van der Waals surface area (Å²) in [5.74, 6) is 1.08. The van der Waals surface area contributed by atoms with Gasteiger partial charge in [-0.15, -0.1) is 0 Å². The number of nitrogens with zero attached hydrogens (tertiary/aromatic N) is 3. The van der Waals surface area contributed by atoms with Crippen molar-refractivity contribution in [2.45, 2.75) is 71.1 Å². The lowest BCUT2D eigenvalue weighted by Gasteiger charge is -2.36. The molecular formula is C36H53N5O8. The van der Waals surface area contributed by atoms with Gasteiger partial charge in [-0.25, -0.2) is 4.79 Å². The van der Waals surface area contributed by atoms with Gasteiger partial charge in [0.25, 0.3) is 5.91 Å². The fourth-order valence-corrected chi connectivity index (χ4v) is 5.84. The van der Waals surface area contributed by atoms with Crippen molar-refractivity contribution in [1.29, 1.82) is 0 Å². The molecule has 13 nitrogen and oxygen atoms in total. The molecule has 13 heteroatoms. The van der Waals surface area contributed by atoms with E-state index in [2.05, 4.69) is 15.5 Å². The maximum Gasteiger partial charge on any atom is 0.323 e. The summed E-state index contributed by atoms with van der Waals surface area (Å²) >= 11 is 0. The van der Waals surface area contributed by atoms with E-state index < -0.39 is 12.1 Å². The van der Waals surface area contributed by atoms with Gasteiger partial charge >= 0.3 is 6.03 Å². The molecule has 4 atom stereocenters. The third-order valence-corrected chi connectivity index (χ3v) is 8.82. The number of urea groups is 1. The molecule has 4 amide bonds. The third kappa shape index (κ3) is 11.0. The molecule has 2 aliphatic rings. The van der Waals surface area contributed by atoms with Crippen LogP contribution in [0.2, 0.25) is 0 Å². The number of carbonyl (C=O) groups excluding carboxylic acids is 3. The number of carbonyl (C=O) groups is 3. The first-order valence-electron chi connectivity index (χ1n) is 17.2. The van der Waals surface area contributed by atoms with Crippen LogP contribution in [0, 0.1) is 5.92 Å². The Bertz CT molecular complexity index is 1420. The first kappa shape index (κ1) is 37.7. The highest BCUT2D eigenvalue weighted by Gasteiger charge is 2.31. The summed E-state index contributed by atoms with van der Waals surface area (Å²) in [5.41, 5.74) is 1.17. The molecule has 0 spiro atoms. The summed E-state index contributed by atoms with van der Waals surface area (Å²) in [7, 11) is 5.77. The van der Waals surface area contributed by atoms with E-state index >= 15 is 0 Å². The van der Waals surface area contributed by atoms with Crippen LogP contribution in [-0.4, -0.2) is 117 Å². The Morgan fingerprint density at radius 2 is 1.69 bits per heavy atom. The Kier molecular flexibility index (Phi) is 13.9. The minimum absolute atomic E-state index is 0.0520. The van der Waals surface area contributed by atoms with E-state index in [1.54, 1.807) is 60.2 Å². The molecule has 0 radical (unpaired) electrons. The second-order valence-corrected chi connectivity index (χ2v) is 13.3. The SMILES string of the molecule is C[C@H](CO)N1C[C@H](C)[C@H](CN(C)C(=O)CCCN(C)C)OCCCC[C@H](C)Oc2ccc(NC(=O)Nc3ccc4c(c3)OCO4)cc2C1=O. The third-order valence-electron chi connectivity index (χ3n) is 8.82. The van der Waals surface area contributed by atoms with Crippen molar-refractivity contribution in [1.82, 2.24) is 14.7 Å². The van der Waals surface area contributed by atoms with E-state index in [9.17, 15) is 19.5 Å². The lowest BCUT2D eigenvalue weighted by molar-refractivity contribution is -0.132. The van der Waals surface area contributed by atoms with Crippen LogP contribution in [0.3, 0.4) is 0 Å². The van der Waals surface area contributed by atoms with Crippen LogP contribution in [0.5, 0.6) is 17.2 Å². The van der Waals surface area contributed by atoms with Crippen LogP contribution in [-0.2, 0) is 9.53 Å². The molecule has 0 unspecified atom stereocenters. The van der Waals surface area contributed by atoms with Crippen LogP contribution in [0.1, 0.15) is 63.2 Å². The Hall–Kier alpha value is -4.07. The minimum atomic E-state index is -0.523. The zero-order valence-electron chi connectivity index (χ0n) is 29.7. The number of likely N-dealkylation sites (N-methyl/N-ethyl adjacent to an activating group) is 1. The fraction of sp³-hybridized carbons (Fsp3) is 0.583. The Labute approximate surface area is 289 Å². The van der Waals surface area contributed by atoms with Crippen molar-refractivity contribution in [3.05, 3.63) is 42.0 Å². The lowest BCUT2D eigenvalue weighted by atomic mass is 10.0. The van der Waals surface area contributed by atoms with Crippen LogP contribution >= 0.6 is 0 Å². The molecule has 3 N–H and O–H groups in total. The van der Waals surface area contributed by atoms with E-state index in [1.807, 2.05) is 27.9 Å². The highest BCUT2D eigenvalue weighted by atomic mass is 16.7. The van der Waals surface area contributed by atoms with Crippen LogP contribution in [0.4, 0.5) is 16.2 Å². The standard InChI is InChI=1S/C36H53N5O8/c1-24-20-41(25(2)22-42)35(44)29-18-27(37-36(45)38-28-13-15-31-32(19-28)48-23-47-31)12-14-30(29)49-26(3)10-7-8-17-46-33(24)21-40(6)34(43)11-9-16-39(4)5/h12-15,18-19,24-26,33,42H,7-11,16-17,20-23H2,1-6H3,(H2,37,38,45)/t24-,25+,26-,33-/m0/s1. The van der Waals surface area contributed by atoms with Crippen molar-refractivity contribution in [2.75, 3.05) is 71.4 Å². The highest BCUT2D eigenvalue weighted by Crippen LogP contribution is 2.34. The van der Waals surface area contributed by atoms with Gasteiger partial charge in [-0.1, -0.05) is 6.92 Å². The molecule has 49 heavy (non-hydrogen) atoms. The molecule has 270 valence electrons. The molecule has 0 saturated heterocycles. The van der Waals surface area contributed by atoms with Gasteiger partial charge in [0.2, 0.25) is 12.7 Å². The molecular weight excluding hydrogens is 630 g/mol. The summed E-state index contributed by atoms with van der Waals surface area (Å²) in [6, 6.07) is 9.07. The summed E-state index contributed by atoms with van der Waals surface area (Å²) in [5, 5.41) is 15.8. The molecule has 0 bridgehead atoms. The Morgan fingerprint density at radius 3 is 2.41 bits per heavy atom. The summed E-state index contributed by atoms with van der Waals surface area (Å²) in [6.07, 6.45) is 3.13. The minimum Gasteiger partial charge on any atom is -0.490 e. The number of rotatable bonds is 10. The van der Waals surface area contributed by atoms with Crippen LogP contribution in [0.15, 0.2) is 36.4 Å². The molecule has 2 aromatic rings. The van der Waals surface area contributed by atoms with Gasteiger partial charge in [0, 0.05) is 56.5 Å². The zero-order chi connectivity index (χ0) is 35.5. The van der Waals surface area contributed by atoms with Crippen LogP contribution < -0.4 is 24.8 Å². The number of benzene rings is 2. The van der Waals surface area contributed by atoms with Gasteiger partial charge in [0.05, 0.1) is 30.4 Å². The maximum absolute atomic E-state index is 14.4. The first-order valence-corrected chi connectivity index (χ1v) is 17.2. The number of amides is 4. The average Bonchev–Trinajstić information content (AvgIpc) is 3.53. The van der Waals surface area contributed by atoms with E-state index in [0.717, 1.165) is 32.2 Å². The van der Waals surface area contributed by atoms with Gasteiger partial charge in [-0.2, -0.15) is 0 Å². The van der Waals surface area contributed by atoms with Gasteiger partial charge < -0.3 is 49.4 Å². The van der Waals surface area contributed by atoms with E-state index in [1.165, 1.54) is 0 Å². The van der Waals surface area contributed by atoms with Gasteiger partial charge in [-0.05, 0) is 90.5 Å².